The van der Waals surface area contributed by atoms with E-state index in [2.05, 4.69) is 4.99 Å². The highest BCUT2D eigenvalue weighted by atomic mass is 35.5. The number of hydrogen-bond acceptors (Lipinski definition) is 3. The fourth-order valence-corrected chi connectivity index (χ4v) is 2.66. The molecule has 0 spiro atoms. The molecule has 0 saturated heterocycles. The highest BCUT2D eigenvalue weighted by molar-refractivity contribution is 6.35. The number of ketones is 1. The number of allylic oxidation sites excluding steroid dienone is 5. The van der Waals surface area contributed by atoms with E-state index in [0.717, 1.165) is 6.42 Å². The maximum Gasteiger partial charge on any atom is 0.234 e. The second kappa shape index (κ2) is 4.42. The number of halogens is 1. The van der Waals surface area contributed by atoms with Crippen LogP contribution in [0.1, 0.15) is 33.7 Å². The number of rotatable bonds is 0. The predicted octanol–water partition coefficient (Wildman–Crippen LogP) is 3.12. The Morgan fingerprint density at radius 1 is 1.15 bits per heavy atom. The van der Waals surface area contributed by atoms with Gasteiger partial charge in [-0.15, -0.1) is 12.4 Å². The van der Waals surface area contributed by atoms with Crippen LogP contribution < -0.4 is 0 Å². The molecule has 5 heteroatoms. The number of carbonyl (C=O) groups is 2. The molecule has 0 radical (unpaired) electrons. The zero-order valence-electron chi connectivity index (χ0n) is 10.5. The third-order valence-corrected chi connectivity index (χ3v) is 3.58. The number of aromatic nitrogens is 1. The van der Waals surface area contributed by atoms with E-state index >= 15 is 0 Å². The summed E-state index contributed by atoms with van der Waals surface area (Å²) in [7, 11) is 0. The summed E-state index contributed by atoms with van der Waals surface area (Å²) in [4.78, 5) is 28.8. The minimum absolute atomic E-state index is 0. The van der Waals surface area contributed by atoms with Crippen molar-refractivity contribution in [3.05, 3.63) is 47.3 Å². The van der Waals surface area contributed by atoms with Crippen LogP contribution in [0.25, 0.3) is 6.08 Å². The number of Topliss-reactive ketones (excluding diaryl/α,β-unsaturated/α-hetero) is 1. The molecule has 0 fully saturated rings. The third-order valence-electron chi connectivity index (χ3n) is 3.58. The van der Waals surface area contributed by atoms with E-state index in [4.69, 9.17) is 0 Å². The minimum Gasteiger partial charge on any atom is -0.288 e. The van der Waals surface area contributed by atoms with Crippen molar-refractivity contribution in [2.45, 2.75) is 12.8 Å². The molecule has 20 heavy (non-hydrogen) atoms. The van der Waals surface area contributed by atoms with Gasteiger partial charge < -0.3 is 0 Å². The van der Waals surface area contributed by atoms with Crippen molar-refractivity contribution in [3.8, 4) is 0 Å². The maximum absolute atomic E-state index is 12.4. The minimum atomic E-state index is -0.0348. The number of hydrogen-bond donors (Lipinski definition) is 0. The molecular formula is C15H11ClN2O2. The van der Waals surface area contributed by atoms with Crippen LogP contribution in [0.4, 0.5) is 5.69 Å². The maximum atomic E-state index is 12.4. The van der Waals surface area contributed by atoms with Gasteiger partial charge in [0.1, 0.15) is 5.69 Å². The van der Waals surface area contributed by atoms with Crippen LogP contribution in [0, 0.1) is 0 Å². The van der Waals surface area contributed by atoms with E-state index in [1.165, 1.54) is 4.57 Å². The lowest BCUT2D eigenvalue weighted by Gasteiger charge is -2.15. The Labute approximate surface area is 121 Å². The molecule has 3 aliphatic rings. The van der Waals surface area contributed by atoms with Crippen molar-refractivity contribution in [1.29, 1.82) is 0 Å². The second-order valence-corrected chi connectivity index (χ2v) is 4.73. The van der Waals surface area contributed by atoms with Crippen molar-refractivity contribution in [2.24, 2.45) is 4.99 Å². The SMILES string of the molecule is Cl.O=C1C2=CCC=CC2=Nc2c1cn1c2C=CCC1=O. The number of nitrogens with zero attached hydrogens (tertiary/aromatic N) is 2. The van der Waals surface area contributed by atoms with Gasteiger partial charge in [-0.05, 0) is 18.6 Å². The Balaban J connectivity index is 0.00000121. The van der Waals surface area contributed by atoms with Crippen LogP contribution in [0.15, 0.2) is 41.1 Å². The lowest BCUT2D eigenvalue weighted by Crippen LogP contribution is -2.16. The number of aliphatic imine (C=N–C) groups is 1. The standard InChI is InChI=1S/C15H10N2O2.ClH/c18-13-7-3-6-12-14-10(8-17(12)13)15(19)9-4-1-2-5-11(9)16-14;/h2-6,8H,1,7H2;1H. The number of fused-ring (bicyclic) bond motifs is 4. The molecule has 4 nitrogen and oxygen atoms in total. The molecule has 0 N–H and O–H groups in total. The molecule has 100 valence electrons. The second-order valence-electron chi connectivity index (χ2n) is 4.73. The van der Waals surface area contributed by atoms with Crippen molar-refractivity contribution in [1.82, 2.24) is 4.57 Å². The molecule has 0 saturated carbocycles. The van der Waals surface area contributed by atoms with Gasteiger partial charge in [-0.3, -0.25) is 14.2 Å². The summed E-state index contributed by atoms with van der Waals surface area (Å²) in [5.41, 5.74) is 3.21. The average Bonchev–Trinajstić information content (AvgIpc) is 2.80. The summed E-state index contributed by atoms with van der Waals surface area (Å²) in [6.45, 7) is 0. The predicted molar refractivity (Wildman–Crippen MR) is 79.2 cm³/mol. The van der Waals surface area contributed by atoms with Gasteiger partial charge in [0.15, 0.2) is 5.78 Å². The van der Waals surface area contributed by atoms with Gasteiger partial charge in [-0.25, -0.2) is 4.99 Å². The van der Waals surface area contributed by atoms with Crippen LogP contribution in [0.2, 0.25) is 0 Å². The Kier molecular flexibility index (Phi) is 2.83. The van der Waals surface area contributed by atoms with Gasteiger partial charge in [0, 0.05) is 18.2 Å². The van der Waals surface area contributed by atoms with Gasteiger partial charge >= 0.3 is 0 Å². The van der Waals surface area contributed by atoms with E-state index in [-0.39, 0.29) is 24.1 Å². The zero-order valence-corrected chi connectivity index (χ0v) is 11.3. The summed E-state index contributed by atoms with van der Waals surface area (Å²) in [5.74, 6) is -0.0557. The molecule has 0 atom stereocenters. The monoisotopic (exact) mass is 286 g/mol. The molecule has 4 rings (SSSR count). The molecular weight excluding hydrogens is 276 g/mol. The van der Waals surface area contributed by atoms with E-state index < -0.39 is 0 Å². The van der Waals surface area contributed by atoms with Gasteiger partial charge in [0.05, 0.1) is 17.0 Å². The third kappa shape index (κ3) is 1.58. The average molecular weight is 287 g/mol. The largest absolute Gasteiger partial charge is 0.288 e. The first-order chi connectivity index (χ1) is 9.25. The summed E-state index contributed by atoms with van der Waals surface area (Å²) < 4.78 is 1.54. The fraction of sp³-hybridized carbons (Fsp3) is 0.133. The fourth-order valence-electron chi connectivity index (χ4n) is 2.66. The Bertz CT molecular complexity index is 763. The first-order valence-electron chi connectivity index (χ1n) is 6.21. The van der Waals surface area contributed by atoms with Gasteiger partial charge in [-0.1, -0.05) is 18.2 Å². The van der Waals surface area contributed by atoms with Crippen molar-refractivity contribution in [2.75, 3.05) is 0 Å². The highest BCUT2D eigenvalue weighted by Crippen LogP contribution is 2.37. The molecule has 0 unspecified atom stereocenters. The van der Waals surface area contributed by atoms with Gasteiger partial charge in [0.2, 0.25) is 5.91 Å². The van der Waals surface area contributed by atoms with Crippen molar-refractivity contribution >= 4 is 41.6 Å². The van der Waals surface area contributed by atoms with Crippen molar-refractivity contribution in [3.63, 3.8) is 0 Å². The molecule has 1 aromatic heterocycles. The molecule has 0 aromatic carbocycles. The molecule has 3 heterocycles. The summed E-state index contributed by atoms with van der Waals surface area (Å²) in [6.07, 6.45) is 12.1. The normalized spacial score (nSPS) is 18.6. The van der Waals surface area contributed by atoms with Gasteiger partial charge in [-0.2, -0.15) is 0 Å². The van der Waals surface area contributed by atoms with E-state index in [0.29, 0.717) is 34.7 Å². The van der Waals surface area contributed by atoms with E-state index in [9.17, 15) is 9.59 Å². The highest BCUT2D eigenvalue weighted by Gasteiger charge is 2.31. The summed E-state index contributed by atoms with van der Waals surface area (Å²) >= 11 is 0. The number of carbonyl (C=O) groups excluding carboxylic acids is 2. The molecule has 1 aromatic rings. The van der Waals surface area contributed by atoms with E-state index in [1.54, 1.807) is 6.20 Å². The molecule has 1 aliphatic carbocycles. The summed E-state index contributed by atoms with van der Waals surface area (Å²) in [6, 6.07) is 0. The smallest absolute Gasteiger partial charge is 0.234 e. The molecule has 2 aliphatic heterocycles. The Morgan fingerprint density at radius 3 is 2.85 bits per heavy atom. The molecule has 0 bridgehead atoms. The Hall–Kier alpha value is -2.20. The zero-order chi connectivity index (χ0) is 13.0. The van der Waals surface area contributed by atoms with Crippen LogP contribution >= 0.6 is 12.4 Å². The quantitative estimate of drug-likeness (QED) is 0.736. The lowest BCUT2D eigenvalue weighted by molar-refractivity contribution is 0.0915. The molecule has 0 amide bonds. The Morgan fingerprint density at radius 2 is 2.00 bits per heavy atom. The van der Waals surface area contributed by atoms with Gasteiger partial charge in [0.25, 0.3) is 0 Å². The van der Waals surface area contributed by atoms with E-state index in [1.807, 2.05) is 30.4 Å². The summed E-state index contributed by atoms with van der Waals surface area (Å²) in [5, 5.41) is 0. The topological polar surface area (TPSA) is 51.4 Å². The van der Waals surface area contributed by atoms with Crippen LogP contribution in [-0.2, 0) is 0 Å². The first kappa shape index (κ1) is 12.8. The van der Waals surface area contributed by atoms with Crippen molar-refractivity contribution < 1.29 is 9.59 Å². The lowest BCUT2D eigenvalue weighted by atomic mass is 9.93. The first-order valence-corrected chi connectivity index (χ1v) is 6.21. The van der Waals surface area contributed by atoms with Crippen LogP contribution in [0.5, 0.6) is 0 Å². The van der Waals surface area contributed by atoms with Crippen LogP contribution in [0.3, 0.4) is 0 Å². The van der Waals surface area contributed by atoms with Crippen LogP contribution in [-0.4, -0.2) is 22.0 Å².